The van der Waals surface area contributed by atoms with Crippen LogP contribution in [-0.2, 0) is 16.0 Å². The molecular formula is C8H13N3O2S. The molecule has 1 rings (SSSR count). The molecule has 0 amide bonds. The number of esters is 1. The number of aryl methyl sites for hydroxylation is 1. The van der Waals surface area contributed by atoms with Crippen molar-refractivity contribution in [3.8, 4) is 0 Å². The molecule has 0 aliphatic heterocycles. The molecule has 1 heterocycles. The normalized spacial score (nSPS) is 9.86. The Bertz CT molecular complexity index is 301. The van der Waals surface area contributed by atoms with Gasteiger partial charge in [-0.3, -0.25) is 4.79 Å². The van der Waals surface area contributed by atoms with Crippen LogP contribution in [0, 0.1) is 0 Å². The highest BCUT2D eigenvalue weighted by atomic mass is 32.1. The van der Waals surface area contributed by atoms with Gasteiger partial charge in [0, 0.05) is 24.5 Å². The molecule has 6 heteroatoms. The van der Waals surface area contributed by atoms with Gasteiger partial charge in [0.15, 0.2) is 0 Å². The number of ether oxygens (including phenoxy) is 1. The van der Waals surface area contributed by atoms with Crippen LogP contribution in [-0.4, -0.2) is 29.0 Å². The van der Waals surface area contributed by atoms with E-state index in [2.05, 4.69) is 19.4 Å². The molecule has 0 bridgehead atoms. The molecule has 0 spiro atoms. The molecule has 0 aromatic carbocycles. The molecule has 1 aromatic heterocycles. The fourth-order valence-electron chi connectivity index (χ4n) is 0.843. The number of rotatable bonds is 5. The number of carbonyl (C=O) groups is 1. The molecule has 1 aromatic rings. The van der Waals surface area contributed by atoms with Crippen LogP contribution in [0.4, 0.5) is 5.13 Å². The Hall–Kier alpha value is -1.17. The van der Waals surface area contributed by atoms with E-state index in [-0.39, 0.29) is 5.97 Å². The third-order valence-electron chi connectivity index (χ3n) is 1.62. The molecule has 5 nitrogen and oxygen atoms in total. The highest BCUT2D eigenvalue weighted by molar-refractivity contribution is 7.09. The number of carbonyl (C=O) groups excluding carboxylic acids is 1. The van der Waals surface area contributed by atoms with E-state index < -0.39 is 0 Å². The second-order valence-electron chi connectivity index (χ2n) is 2.62. The van der Waals surface area contributed by atoms with Crippen LogP contribution in [0.5, 0.6) is 0 Å². The Morgan fingerprint density at radius 2 is 2.43 bits per heavy atom. The van der Waals surface area contributed by atoms with E-state index in [1.165, 1.54) is 18.6 Å². The third-order valence-corrected chi connectivity index (χ3v) is 2.33. The second-order valence-corrected chi connectivity index (χ2v) is 3.37. The minimum Gasteiger partial charge on any atom is -0.469 e. The number of aromatic nitrogens is 2. The van der Waals surface area contributed by atoms with Gasteiger partial charge < -0.3 is 10.1 Å². The van der Waals surface area contributed by atoms with Crippen LogP contribution in [0.25, 0.3) is 0 Å². The van der Waals surface area contributed by atoms with Crippen molar-refractivity contribution in [2.75, 3.05) is 19.0 Å². The summed E-state index contributed by atoms with van der Waals surface area (Å²) in [4.78, 5) is 15.0. The Kier molecular flexibility index (Phi) is 4.31. The summed E-state index contributed by atoms with van der Waals surface area (Å²) in [5.74, 6) is 0.605. The summed E-state index contributed by atoms with van der Waals surface area (Å²) in [6.45, 7) is 2.53. The van der Waals surface area contributed by atoms with E-state index in [0.29, 0.717) is 13.0 Å². The average Bonchev–Trinajstić information content (AvgIpc) is 2.65. The molecule has 0 fully saturated rings. The van der Waals surface area contributed by atoms with Crippen LogP contribution in [0.1, 0.15) is 19.2 Å². The maximum absolute atomic E-state index is 10.8. The monoisotopic (exact) mass is 215 g/mol. The smallest absolute Gasteiger partial charge is 0.307 e. The predicted molar refractivity (Wildman–Crippen MR) is 54.4 cm³/mol. The number of nitrogens with zero attached hydrogens (tertiary/aromatic N) is 2. The summed E-state index contributed by atoms with van der Waals surface area (Å²) in [7, 11) is 1.38. The topological polar surface area (TPSA) is 64.1 Å². The standard InChI is InChI=1S/C8H13N3O2S/c1-3-6-10-8(14-11-6)9-5-4-7(12)13-2/h3-5H2,1-2H3,(H,9,10,11). The largest absolute Gasteiger partial charge is 0.469 e. The lowest BCUT2D eigenvalue weighted by Crippen LogP contribution is -2.09. The quantitative estimate of drug-likeness (QED) is 0.744. The van der Waals surface area contributed by atoms with Gasteiger partial charge in [0.05, 0.1) is 13.5 Å². The number of anilines is 1. The lowest BCUT2D eigenvalue weighted by Gasteiger charge is -1.99. The first-order chi connectivity index (χ1) is 6.76. The molecule has 0 saturated carbocycles. The van der Waals surface area contributed by atoms with Gasteiger partial charge in [-0.1, -0.05) is 6.92 Å². The Morgan fingerprint density at radius 1 is 1.64 bits per heavy atom. The summed E-state index contributed by atoms with van der Waals surface area (Å²) in [5.41, 5.74) is 0. The minimum absolute atomic E-state index is 0.224. The minimum atomic E-state index is -0.224. The van der Waals surface area contributed by atoms with E-state index in [0.717, 1.165) is 17.4 Å². The van der Waals surface area contributed by atoms with E-state index in [1.54, 1.807) is 0 Å². The van der Waals surface area contributed by atoms with Gasteiger partial charge in [-0.05, 0) is 0 Å². The fourth-order valence-corrected chi connectivity index (χ4v) is 1.52. The van der Waals surface area contributed by atoms with Crippen LogP contribution < -0.4 is 5.32 Å². The highest BCUT2D eigenvalue weighted by Crippen LogP contribution is 2.10. The summed E-state index contributed by atoms with van der Waals surface area (Å²) < 4.78 is 8.61. The van der Waals surface area contributed by atoms with Gasteiger partial charge in [0.1, 0.15) is 5.82 Å². The molecule has 78 valence electrons. The average molecular weight is 215 g/mol. The molecular weight excluding hydrogens is 202 g/mol. The molecule has 1 N–H and O–H groups in total. The first kappa shape index (κ1) is 10.9. The summed E-state index contributed by atoms with van der Waals surface area (Å²) in [6, 6.07) is 0. The Morgan fingerprint density at radius 3 is 3.00 bits per heavy atom. The van der Waals surface area contributed by atoms with E-state index >= 15 is 0 Å². The summed E-state index contributed by atoms with van der Waals surface area (Å²) in [5, 5.41) is 3.76. The van der Waals surface area contributed by atoms with Gasteiger partial charge >= 0.3 is 5.97 Å². The number of nitrogens with one attached hydrogen (secondary N) is 1. The number of hydrogen-bond donors (Lipinski definition) is 1. The zero-order valence-electron chi connectivity index (χ0n) is 8.24. The number of methoxy groups -OCH3 is 1. The van der Waals surface area contributed by atoms with Gasteiger partial charge in [-0.15, -0.1) is 0 Å². The van der Waals surface area contributed by atoms with Gasteiger partial charge in [0.25, 0.3) is 0 Å². The lowest BCUT2D eigenvalue weighted by atomic mass is 10.4. The molecule has 0 unspecified atom stereocenters. The van der Waals surface area contributed by atoms with E-state index in [9.17, 15) is 4.79 Å². The molecule has 0 aliphatic carbocycles. The van der Waals surface area contributed by atoms with Gasteiger partial charge in [-0.25, -0.2) is 4.98 Å². The zero-order valence-corrected chi connectivity index (χ0v) is 9.06. The van der Waals surface area contributed by atoms with Crippen LogP contribution in [0.2, 0.25) is 0 Å². The maximum atomic E-state index is 10.8. The zero-order chi connectivity index (χ0) is 10.4. The molecule has 0 radical (unpaired) electrons. The Labute approximate surface area is 86.7 Å². The fraction of sp³-hybridized carbons (Fsp3) is 0.625. The maximum Gasteiger partial charge on any atom is 0.307 e. The first-order valence-electron chi connectivity index (χ1n) is 4.39. The van der Waals surface area contributed by atoms with Crippen molar-refractivity contribution in [2.45, 2.75) is 19.8 Å². The SMILES string of the molecule is CCc1nsc(NCCC(=O)OC)n1. The van der Waals surface area contributed by atoms with Crippen LogP contribution in [0.3, 0.4) is 0 Å². The molecule has 0 saturated heterocycles. The van der Waals surface area contributed by atoms with Crippen molar-refractivity contribution in [1.82, 2.24) is 9.36 Å². The highest BCUT2D eigenvalue weighted by Gasteiger charge is 2.03. The lowest BCUT2D eigenvalue weighted by molar-refractivity contribution is -0.140. The molecule has 0 aliphatic rings. The summed E-state index contributed by atoms with van der Waals surface area (Å²) in [6.07, 6.45) is 1.17. The second kappa shape index (κ2) is 5.54. The van der Waals surface area contributed by atoms with E-state index in [1.807, 2.05) is 6.92 Å². The van der Waals surface area contributed by atoms with Crippen LogP contribution in [0.15, 0.2) is 0 Å². The van der Waals surface area contributed by atoms with Crippen molar-refractivity contribution < 1.29 is 9.53 Å². The van der Waals surface area contributed by atoms with Gasteiger partial charge in [-0.2, -0.15) is 4.37 Å². The van der Waals surface area contributed by atoms with Crippen LogP contribution >= 0.6 is 11.5 Å². The Balaban J connectivity index is 2.27. The molecule has 14 heavy (non-hydrogen) atoms. The van der Waals surface area contributed by atoms with Crippen molar-refractivity contribution in [3.05, 3.63) is 5.82 Å². The van der Waals surface area contributed by atoms with Crippen molar-refractivity contribution in [2.24, 2.45) is 0 Å². The van der Waals surface area contributed by atoms with Crippen molar-refractivity contribution in [3.63, 3.8) is 0 Å². The first-order valence-corrected chi connectivity index (χ1v) is 5.17. The molecule has 0 atom stereocenters. The van der Waals surface area contributed by atoms with Crippen molar-refractivity contribution >= 4 is 22.6 Å². The van der Waals surface area contributed by atoms with Crippen molar-refractivity contribution in [1.29, 1.82) is 0 Å². The van der Waals surface area contributed by atoms with Gasteiger partial charge in [0.2, 0.25) is 5.13 Å². The predicted octanol–water partition coefficient (Wildman–Crippen LogP) is 1.08. The number of hydrogen-bond acceptors (Lipinski definition) is 6. The van der Waals surface area contributed by atoms with E-state index in [4.69, 9.17) is 0 Å². The summed E-state index contributed by atoms with van der Waals surface area (Å²) >= 11 is 1.31. The third kappa shape index (κ3) is 3.29.